The van der Waals surface area contributed by atoms with Gasteiger partial charge in [-0.05, 0) is 24.1 Å². The number of benzene rings is 1. The van der Waals surface area contributed by atoms with E-state index in [-0.39, 0.29) is 17.8 Å². The van der Waals surface area contributed by atoms with Gasteiger partial charge in [0.05, 0.1) is 0 Å². The quantitative estimate of drug-likeness (QED) is 0.623. The van der Waals surface area contributed by atoms with Crippen LogP contribution in [-0.2, 0) is 26.4 Å². The number of carbonyl (C=O) groups excluding carboxylic acids is 1. The van der Waals surface area contributed by atoms with Crippen molar-refractivity contribution in [3.63, 3.8) is 0 Å². The van der Waals surface area contributed by atoms with E-state index in [2.05, 4.69) is 4.18 Å². The Hall–Kier alpha value is -1.80. The third kappa shape index (κ3) is 3.83. The summed E-state index contributed by atoms with van der Waals surface area (Å²) >= 11 is 0. The summed E-state index contributed by atoms with van der Waals surface area (Å²) in [6.45, 7) is 0. The monoisotopic (exact) mass is 288 g/mol. The van der Waals surface area contributed by atoms with Crippen LogP contribution in [0.1, 0.15) is 18.4 Å². The summed E-state index contributed by atoms with van der Waals surface area (Å²) in [6, 6.07) is 4.04. The van der Waals surface area contributed by atoms with Gasteiger partial charge in [0.25, 0.3) is 0 Å². The Labute approximate surface area is 109 Å². The van der Waals surface area contributed by atoms with Crippen LogP contribution in [0.4, 0.5) is 0 Å². The van der Waals surface area contributed by atoms with Crippen LogP contribution < -0.4 is 4.18 Å². The Bertz CT molecular complexity index is 593. The van der Waals surface area contributed by atoms with Gasteiger partial charge in [-0.15, -0.1) is 0 Å². The lowest BCUT2D eigenvalue weighted by molar-refractivity contribution is -0.141. The van der Waals surface area contributed by atoms with Crippen molar-refractivity contribution in [1.29, 1.82) is 0 Å². The minimum atomic E-state index is -4.67. The van der Waals surface area contributed by atoms with Crippen LogP contribution in [0, 0.1) is 0 Å². The molecule has 0 aliphatic carbocycles. The molecular weight excluding hydrogens is 276 g/mol. The summed E-state index contributed by atoms with van der Waals surface area (Å²) < 4.78 is 38.7. The molecule has 1 heterocycles. The smallest absolute Gasteiger partial charge is 0.446 e. The SMILES string of the molecule is O=C1CCC(Cc2ccc(OS(=O)(=O)O)c(O)c2)O1. The molecule has 8 heteroatoms. The molecule has 1 saturated heterocycles. The zero-order chi connectivity index (χ0) is 14.0. The predicted molar refractivity (Wildman–Crippen MR) is 63.1 cm³/mol. The largest absolute Gasteiger partial charge is 0.504 e. The first kappa shape index (κ1) is 13.6. The highest BCUT2D eigenvalue weighted by atomic mass is 32.3. The van der Waals surface area contributed by atoms with Gasteiger partial charge in [0, 0.05) is 12.8 Å². The van der Waals surface area contributed by atoms with E-state index in [0.717, 1.165) is 0 Å². The number of hydrogen-bond donors (Lipinski definition) is 2. The maximum atomic E-state index is 10.9. The average Bonchev–Trinajstić information content (AvgIpc) is 2.66. The summed E-state index contributed by atoms with van der Waals surface area (Å²) in [5, 5.41) is 9.57. The Morgan fingerprint density at radius 1 is 1.42 bits per heavy atom. The number of aromatic hydroxyl groups is 1. The highest BCUT2D eigenvalue weighted by Crippen LogP contribution is 2.29. The molecule has 2 N–H and O–H groups in total. The van der Waals surface area contributed by atoms with Crippen molar-refractivity contribution in [3.8, 4) is 11.5 Å². The molecule has 0 amide bonds. The van der Waals surface area contributed by atoms with E-state index in [4.69, 9.17) is 9.29 Å². The van der Waals surface area contributed by atoms with E-state index >= 15 is 0 Å². The zero-order valence-electron chi connectivity index (χ0n) is 9.77. The number of ether oxygens (including phenoxy) is 1. The Balaban J connectivity index is 2.08. The fourth-order valence-corrected chi connectivity index (χ4v) is 2.23. The lowest BCUT2D eigenvalue weighted by atomic mass is 10.1. The molecule has 104 valence electrons. The molecule has 1 fully saturated rings. The van der Waals surface area contributed by atoms with Gasteiger partial charge in [-0.1, -0.05) is 6.07 Å². The Morgan fingerprint density at radius 2 is 2.16 bits per heavy atom. The van der Waals surface area contributed by atoms with Gasteiger partial charge in [0.2, 0.25) is 0 Å². The van der Waals surface area contributed by atoms with Crippen molar-refractivity contribution < 1.29 is 31.8 Å². The summed E-state index contributed by atoms with van der Waals surface area (Å²) in [6.07, 6.45) is 1.18. The number of cyclic esters (lactones) is 1. The first-order chi connectivity index (χ1) is 8.83. The molecule has 1 aliphatic heterocycles. The lowest BCUT2D eigenvalue weighted by Crippen LogP contribution is -2.10. The number of rotatable bonds is 4. The maximum Gasteiger partial charge on any atom is 0.446 e. The van der Waals surface area contributed by atoms with E-state index in [0.29, 0.717) is 24.8 Å². The number of carbonyl (C=O) groups is 1. The normalized spacial score (nSPS) is 19.2. The van der Waals surface area contributed by atoms with Crippen molar-refractivity contribution in [3.05, 3.63) is 23.8 Å². The number of phenolic OH excluding ortho intramolecular Hbond substituents is 1. The second kappa shape index (κ2) is 5.06. The number of esters is 1. The van der Waals surface area contributed by atoms with Crippen molar-refractivity contribution in [1.82, 2.24) is 0 Å². The van der Waals surface area contributed by atoms with E-state index in [1.807, 2.05) is 0 Å². The molecule has 2 rings (SSSR count). The van der Waals surface area contributed by atoms with Crippen LogP contribution in [-0.4, -0.2) is 30.2 Å². The molecule has 19 heavy (non-hydrogen) atoms. The first-order valence-electron chi connectivity index (χ1n) is 5.52. The van der Waals surface area contributed by atoms with Gasteiger partial charge < -0.3 is 14.0 Å². The fourth-order valence-electron chi connectivity index (χ4n) is 1.86. The fraction of sp³-hybridized carbons (Fsp3) is 0.364. The van der Waals surface area contributed by atoms with Gasteiger partial charge >= 0.3 is 16.4 Å². The second-order valence-electron chi connectivity index (χ2n) is 4.17. The minimum absolute atomic E-state index is 0.236. The third-order valence-electron chi connectivity index (χ3n) is 2.65. The van der Waals surface area contributed by atoms with Crippen LogP contribution in [0.25, 0.3) is 0 Å². The van der Waals surface area contributed by atoms with Gasteiger partial charge in [0.15, 0.2) is 11.5 Å². The molecule has 1 unspecified atom stereocenters. The molecule has 1 aliphatic rings. The highest BCUT2D eigenvalue weighted by molar-refractivity contribution is 7.81. The molecular formula is C11H12O7S. The third-order valence-corrected chi connectivity index (χ3v) is 3.04. The number of hydrogen-bond acceptors (Lipinski definition) is 6. The van der Waals surface area contributed by atoms with Crippen LogP contribution in [0.15, 0.2) is 18.2 Å². The molecule has 0 bridgehead atoms. The maximum absolute atomic E-state index is 10.9. The Morgan fingerprint density at radius 3 is 2.68 bits per heavy atom. The molecule has 1 atom stereocenters. The van der Waals surface area contributed by atoms with Crippen LogP contribution >= 0.6 is 0 Å². The van der Waals surface area contributed by atoms with E-state index in [1.54, 1.807) is 0 Å². The predicted octanol–water partition coefficient (Wildman–Crippen LogP) is 0.822. The van der Waals surface area contributed by atoms with Crippen molar-refractivity contribution in [2.45, 2.75) is 25.4 Å². The van der Waals surface area contributed by atoms with Gasteiger partial charge in [0.1, 0.15) is 6.10 Å². The second-order valence-corrected chi connectivity index (χ2v) is 5.19. The first-order valence-corrected chi connectivity index (χ1v) is 6.88. The van der Waals surface area contributed by atoms with Crippen molar-refractivity contribution in [2.24, 2.45) is 0 Å². The average molecular weight is 288 g/mol. The Kier molecular flexibility index (Phi) is 3.63. The summed E-state index contributed by atoms with van der Waals surface area (Å²) in [5.41, 5.74) is 0.667. The summed E-state index contributed by atoms with van der Waals surface area (Å²) in [4.78, 5) is 10.9. The summed E-state index contributed by atoms with van der Waals surface area (Å²) in [5.74, 6) is -1.03. The van der Waals surface area contributed by atoms with Crippen molar-refractivity contribution >= 4 is 16.4 Å². The van der Waals surface area contributed by atoms with Crippen LogP contribution in [0.3, 0.4) is 0 Å². The van der Waals surface area contributed by atoms with E-state index in [9.17, 15) is 18.3 Å². The molecule has 0 aromatic heterocycles. The molecule has 1 aromatic carbocycles. The zero-order valence-corrected chi connectivity index (χ0v) is 10.6. The van der Waals surface area contributed by atoms with Gasteiger partial charge in [-0.2, -0.15) is 8.42 Å². The molecule has 0 spiro atoms. The molecule has 0 saturated carbocycles. The highest BCUT2D eigenvalue weighted by Gasteiger charge is 2.23. The molecule has 0 radical (unpaired) electrons. The minimum Gasteiger partial charge on any atom is -0.504 e. The van der Waals surface area contributed by atoms with E-state index < -0.39 is 16.1 Å². The van der Waals surface area contributed by atoms with Crippen LogP contribution in [0.5, 0.6) is 11.5 Å². The number of phenols is 1. The molecule has 1 aromatic rings. The standard InChI is InChI=1S/C11H12O7S/c12-9-6-7(5-8-2-4-11(13)17-8)1-3-10(9)18-19(14,15)16/h1,3,6,8,12H,2,4-5H2,(H,14,15,16). The van der Waals surface area contributed by atoms with Crippen LogP contribution in [0.2, 0.25) is 0 Å². The van der Waals surface area contributed by atoms with E-state index in [1.165, 1.54) is 18.2 Å². The van der Waals surface area contributed by atoms with Crippen molar-refractivity contribution in [2.75, 3.05) is 0 Å². The van der Waals surface area contributed by atoms with Gasteiger partial charge in [-0.25, -0.2) is 0 Å². The lowest BCUT2D eigenvalue weighted by Gasteiger charge is -2.10. The molecule has 7 nitrogen and oxygen atoms in total. The summed E-state index contributed by atoms with van der Waals surface area (Å²) in [7, 11) is -4.67. The topological polar surface area (TPSA) is 110 Å². The van der Waals surface area contributed by atoms with Gasteiger partial charge in [-0.3, -0.25) is 9.35 Å².